The molecule has 2 heterocycles. The van der Waals surface area contributed by atoms with Gasteiger partial charge in [0.1, 0.15) is 0 Å². The van der Waals surface area contributed by atoms with Crippen molar-refractivity contribution in [3.8, 4) is 0 Å². The molecular weight excluding hydrogens is 220 g/mol. The van der Waals surface area contributed by atoms with Gasteiger partial charge in [-0.2, -0.15) is 0 Å². The Balaban J connectivity index is 2.14. The van der Waals surface area contributed by atoms with Crippen LogP contribution in [0.5, 0.6) is 0 Å². The molecule has 2 aromatic heterocycles. The van der Waals surface area contributed by atoms with Gasteiger partial charge >= 0.3 is 0 Å². The van der Waals surface area contributed by atoms with Crippen LogP contribution in [0.2, 0.25) is 0 Å². The number of hydrogen-bond acceptors (Lipinski definition) is 6. The third kappa shape index (κ3) is 2.02. The molecule has 0 aliphatic heterocycles. The van der Waals surface area contributed by atoms with E-state index in [0.29, 0.717) is 16.0 Å². The highest BCUT2D eigenvalue weighted by Crippen LogP contribution is 2.31. The van der Waals surface area contributed by atoms with Gasteiger partial charge in [0, 0.05) is 6.92 Å². The smallest absolute Gasteiger partial charge is 0.282 e. The van der Waals surface area contributed by atoms with Crippen molar-refractivity contribution in [3.05, 3.63) is 22.9 Å². The number of aryl methyl sites for hydroxylation is 1. The first-order valence-electron chi connectivity index (χ1n) is 3.81. The highest BCUT2D eigenvalue weighted by Gasteiger charge is 2.06. The molecule has 0 bridgehead atoms. The van der Waals surface area contributed by atoms with E-state index in [-0.39, 0.29) is 0 Å². The predicted octanol–water partition coefficient (Wildman–Crippen LogP) is 2.40. The summed E-state index contributed by atoms with van der Waals surface area (Å²) in [6.45, 7) is 1.74. The van der Waals surface area contributed by atoms with Crippen molar-refractivity contribution >= 4 is 29.4 Å². The normalized spacial score (nSPS) is 10.4. The molecule has 72 valence electrons. The van der Waals surface area contributed by atoms with Crippen molar-refractivity contribution < 1.29 is 9.21 Å². The van der Waals surface area contributed by atoms with Crippen molar-refractivity contribution in [1.82, 2.24) is 10.2 Å². The summed E-state index contributed by atoms with van der Waals surface area (Å²) in [5.41, 5.74) is 0. The van der Waals surface area contributed by atoms with E-state index in [1.807, 2.05) is 6.07 Å². The van der Waals surface area contributed by atoms with Crippen LogP contribution in [-0.2, 0) is 0 Å². The molecule has 2 rings (SSSR count). The van der Waals surface area contributed by atoms with E-state index in [9.17, 15) is 4.79 Å². The number of carbonyl (C=O) groups excluding carboxylic acids is 1. The van der Waals surface area contributed by atoms with Gasteiger partial charge in [-0.25, -0.2) is 0 Å². The highest BCUT2D eigenvalue weighted by atomic mass is 32.2. The minimum Gasteiger partial charge on any atom is -0.416 e. The van der Waals surface area contributed by atoms with E-state index in [1.54, 1.807) is 13.0 Å². The molecule has 0 unspecified atom stereocenters. The number of nitrogens with zero attached hydrogens (tertiary/aromatic N) is 2. The molecule has 6 heteroatoms. The van der Waals surface area contributed by atoms with E-state index in [4.69, 9.17) is 4.42 Å². The second kappa shape index (κ2) is 3.93. The number of aromatic nitrogens is 2. The molecule has 0 atom stereocenters. The standard InChI is InChI=1S/C8H6N2O2S2/c1-5-9-10-8(12-5)14-7-3-2-6(4-11)13-7/h2-4H,1H3. The van der Waals surface area contributed by atoms with Gasteiger partial charge in [-0.1, -0.05) is 0 Å². The molecule has 0 fully saturated rings. The number of rotatable bonds is 3. The molecule has 14 heavy (non-hydrogen) atoms. The summed E-state index contributed by atoms with van der Waals surface area (Å²) in [6.07, 6.45) is 0.827. The summed E-state index contributed by atoms with van der Waals surface area (Å²) in [5.74, 6) is 0.541. The van der Waals surface area contributed by atoms with Crippen molar-refractivity contribution in [2.75, 3.05) is 0 Å². The molecule has 0 aromatic carbocycles. The third-order valence-corrected chi connectivity index (χ3v) is 3.40. The molecule has 0 aliphatic rings. The Labute approximate surface area is 88.3 Å². The quantitative estimate of drug-likeness (QED) is 0.752. The summed E-state index contributed by atoms with van der Waals surface area (Å²) in [4.78, 5) is 11.1. The Morgan fingerprint density at radius 1 is 1.50 bits per heavy atom. The van der Waals surface area contributed by atoms with Gasteiger partial charge in [0.05, 0.1) is 9.09 Å². The number of carbonyl (C=O) groups is 1. The zero-order valence-electron chi connectivity index (χ0n) is 7.26. The Bertz CT molecular complexity index is 450. The van der Waals surface area contributed by atoms with Crippen LogP contribution in [-0.4, -0.2) is 16.5 Å². The number of aldehydes is 1. The topological polar surface area (TPSA) is 56.0 Å². The molecule has 2 aromatic rings. The van der Waals surface area contributed by atoms with Crippen molar-refractivity contribution in [1.29, 1.82) is 0 Å². The van der Waals surface area contributed by atoms with E-state index in [0.717, 1.165) is 10.5 Å². The zero-order chi connectivity index (χ0) is 9.97. The second-order valence-corrected chi connectivity index (χ2v) is 4.83. The Kier molecular flexibility index (Phi) is 2.64. The zero-order valence-corrected chi connectivity index (χ0v) is 8.89. The lowest BCUT2D eigenvalue weighted by Gasteiger charge is -1.87. The summed E-state index contributed by atoms with van der Waals surface area (Å²) < 4.78 is 6.16. The van der Waals surface area contributed by atoms with Gasteiger partial charge in [-0.3, -0.25) is 4.79 Å². The first-order chi connectivity index (χ1) is 6.78. The third-order valence-electron chi connectivity index (χ3n) is 1.41. The first-order valence-corrected chi connectivity index (χ1v) is 5.44. The summed E-state index contributed by atoms with van der Waals surface area (Å²) in [5, 5.41) is 8.05. The van der Waals surface area contributed by atoms with Crippen LogP contribution in [0.1, 0.15) is 15.6 Å². The van der Waals surface area contributed by atoms with E-state index < -0.39 is 0 Å². The lowest BCUT2D eigenvalue weighted by Crippen LogP contribution is -1.69. The number of thiophene rings is 1. The fraction of sp³-hybridized carbons (Fsp3) is 0.125. The molecule has 0 saturated carbocycles. The lowest BCUT2D eigenvalue weighted by atomic mass is 10.5. The minimum atomic E-state index is 0.502. The molecule has 0 N–H and O–H groups in total. The Hall–Kier alpha value is -1.14. The Morgan fingerprint density at radius 3 is 2.93 bits per heavy atom. The fourth-order valence-corrected chi connectivity index (χ4v) is 2.63. The van der Waals surface area contributed by atoms with Crippen LogP contribution in [0.25, 0.3) is 0 Å². The molecule has 0 spiro atoms. The van der Waals surface area contributed by atoms with E-state index in [1.165, 1.54) is 23.1 Å². The maximum absolute atomic E-state index is 10.4. The maximum Gasteiger partial charge on any atom is 0.282 e. The van der Waals surface area contributed by atoms with E-state index in [2.05, 4.69) is 10.2 Å². The number of hydrogen-bond donors (Lipinski definition) is 0. The average molecular weight is 226 g/mol. The molecule has 0 saturated heterocycles. The predicted molar refractivity (Wildman–Crippen MR) is 52.9 cm³/mol. The van der Waals surface area contributed by atoms with Gasteiger partial charge in [-0.15, -0.1) is 21.5 Å². The molecule has 0 radical (unpaired) electrons. The summed E-state index contributed by atoms with van der Waals surface area (Å²) >= 11 is 2.77. The van der Waals surface area contributed by atoms with Crippen molar-refractivity contribution in [3.63, 3.8) is 0 Å². The van der Waals surface area contributed by atoms with Crippen LogP contribution >= 0.6 is 23.1 Å². The summed E-state index contributed by atoms with van der Waals surface area (Å²) in [6, 6.07) is 3.63. The first kappa shape index (κ1) is 9.42. The van der Waals surface area contributed by atoms with Gasteiger partial charge in [0.15, 0.2) is 6.29 Å². The largest absolute Gasteiger partial charge is 0.416 e. The van der Waals surface area contributed by atoms with Crippen molar-refractivity contribution in [2.24, 2.45) is 0 Å². The average Bonchev–Trinajstić information content (AvgIpc) is 2.76. The monoisotopic (exact) mass is 226 g/mol. The second-order valence-electron chi connectivity index (χ2n) is 2.46. The van der Waals surface area contributed by atoms with Gasteiger partial charge in [0.25, 0.3) is 5.22 Å². The van der Waals surface area contributed by atoms with Gasteiger partial charge in [0.2, 0.25) is 5.89 Å². The summed E-state index contributed by atoms with van der Waals surface area (Å²) in [7, 11) is 0. The SMILES string of the molecule is Cc1nnc(Sc2ccc(C=O)s2)o1. The van der Waals surface area contributed by atoms with Crippen LogP contribution in [0, 0.1) is 6.92 Å². The van der Waals surface area contributed by atoms with Gasteiger partial charge < -0.3 is 4.42 Å². The van der Waals surface area contributed by atoms with E-state index >= 15 is 0 Å². The molecule has 0 amide bonds. The Morgan fingerprint density at radius 2 is 2.36 bits per heavy atom. The minimum absolute atomic E-state index is 0.502. The lowest BCUT2D eigenvalue weighted by molar-refractivity contribution is 0.112. The maximum atomic E-state index is 10.4. The van der Waals surface area contributed by atoms with Crippen LogP contribution in [0.4, 0.5) is 0 Å². The molecule has 0 aliphatic carbocycles. The van der Waals surface area contributed by atoms with Crippen LogP contribution < -0.4 is 0 Å². The fourth-order valence-electron chi connectivity index (χ4n) is 0.858. The van der Waals surface area contributed by atoms with Crippen LogP contribution in [0.15, 0.2) is 26.0 Å². The van der Waals surface area contributed by atoms with Crippen LogP contribution in [0.3, 0.4) is 0 Å². The molecule has 4 nitrogen and oxygen atoms in total. The van der Waals surface area contributed by atoms with Gasteiger partial charge in [-0.05, 0) is 23.9 Å². The molecular formula is C8H6N2O2S2. The van der Waals surface area contributed by atoms with Crippen molar-refractivity contribution in [2.45, 2.75) is 16.4 Å². The highest BCUT2D eigenvalue weighted by molar-refractivity contribution is 8.01.